The van der Waals surface area contributed by atoms with Crippen LogP contribution < -0.4 is 5.32 Å². The fraction of sp³-hybridized carbons (Fsp3) is 0.462. The van der Waals surface area contributed by atoms with E-state index >= 15 is 0 Å². The smallest absolute Gasteiger partial charge is 0.244 e. The Bertz CT molecular complexity index is 532. The maximum absolute atomic E-state index is 5.81. The van der Waals surface area contributed by atoms with Crippen LogP contribution in [-0.2, 0) is 0 Å². The van der Waals surface area contributed by atoms with Crippen molar-refractivity contribution in [2.45, 2.75) is 31.7 Å². The Kier molecular flexibility index (Phi) is 3.75. The first-order valence-electron chi connectivity index (χ1n) is 6.52. The summed E-state index contributed by atoms with van der Waals surface area (Å²) in [7, 11) is 0. The molecule has 1 aliphatic rings. The van der Waals surface area contributed by atoms with E-state index in [1.807, 2.05) is 0 Å². The summed E-state index contributed by atoms with van der Waals surface area (Å²) in [6.07, 6.45) is 6.26. The van der Waals surface area contributed by atoms with E-state index in [1.165, 1.54) is 19.3 Å². The molecule has 2 aromatic heterocycles. The quantitative estimate of drug-likeness (QED) is 0.915. The zero-order valence-electron chi connectivity index (χ0n) is 10.5. The van der Waals surface area contributed by atoms with E-state index in [0.717, 1.165) is 13.0 Å². The molecule has 0 aliphatic carbocycles. The lowest BCUT2D eigenvalue weighted by atomic mass is 10.1. The van der Waals surface area contributed by atoms with Gasteiger partial charge in [-0.2, -0.15) is 4.98 Å². The molecule has 5 nitrogen and oxygen atoms in total. The third-order valence-electron chi connectivity index (χ3n) is 3.26. The van der Waals surface area contributed by atoms with E-state index in [9.17, 15) is 0 Å². The molecule has 6 heteroatoms. The van der Waals surface area contributed by atoms with Crippen LogP contribution in [0.1, 0.15) is 37.6 Å². The zero-order chi connectivity index (χ0) is 13.1. The molecule has 1 atom stereocenters. The van der Waals surface area contributed by atoms with Gasteiger partial charge in [-0.25, -0.2) is 0 Å². The van der Waals surface area contributed by atoms with E-state index in [0.29, 0.717) is 22.4 Å². The number of rotatable bonds is 2. The van der Waals surface area contributed by atoms with Crippen molar-refractivity contribution in [3.05, 3.63) is 29.2 Å². The Morgan fingerprint density at radius 3 is 3.05 bits per heavy atom. The highest BCUT2D eigenvalue weighted by molar-refractivity contribution is 6.30. The van der Waals surface area contributed by atoms with Crippen molar-refractivity contribution in [3.63, 3.8) is 0 Å². The monoisotopic (exact) mass is 278 g/mol. The fourth-order valence-corrected chi connectivity index (χ4v) is 2.34. The van der Waals surface area contributed by atoms with Crippen molar-refractivity contribution >= 4 is 11.6 Å². The van der Waals surface area contributed by atoms with Crippen LogP contribution in [0.4, 0.5) is 0 Å². The Labute approximate surface area is 116 Å². The predicted octanol–water partition coefficient (Wildman–Crippen LogP) is 2.99. The highest BCUT2D eigenvalue weighted by atomic mass is 35.5. The molecule has 19 heavy (non-hydrogen) atoms. The summed E-state index contributed by atoms with van der Waals surface area (Å²) in [6.45, 7) is 1.00. The SMILES string of the molecule is Clc1ccc(-c2noc(C3CCCCCN3)n2)nc1. The molecule has 3 rings (SSSR count). The van der Waals surface area contributed by atoms with Crippen LogP contribution in [0.2, 0.25) is 5.02 Å². The topological polar surface area (TPSA) is 63.8 Å². The van der Waals surface area contributed by atoms with Gasteiger partial charge >= 0.3 is 0 Å². The number of halogens is 1. The fourth-order valence-electron chi connectivity index (χ4n) is 2.23. The number of nitrogens with one attached hydrogen (secondary N) is 1. The average molecular weight is 279 g/mol. The molecule has 0 amide bonds. The first-order valence-corrected chi connectivity index (χ1v) is 6.89. The van der Waals surface area contributed by atoms with E-state index in [-0.39, 0.29) is 6.04 Å². The number of hydrogen-bond acceptors (Lipinski definition) is 5. The summed E-state index contributed by atoms with van der Waals surface area (Å²) in [5.74, 6) is 1.16. The standard InChI is InChI=1S/C13H15ClN4O/c14-9-5-6-10(16-8-9)12-17-13(19-18-12)11-4-2-1-3-7-15-11/h5-6,8,11,15H,1-4,7H2. The first kappa shape index (κ1) is 12.6. The highest BCUT2D eigenvalue weighted by Gasteiger charge is 2.20. The van der Waals surface area contributed by atoms with Gasteiger partial charge in [0, 0.05) is 6.20 Å². The van der Waals surface area contributed by atoms with E-state index < -0.39 is 0 Å². The predicted molar refractivity (Wildman–Crippen MR) is 71.8 cm³/mol. The largest absolute Gasteiger partial charge is 0.337 e. The molecule has 1 aliphatic heterocycles. The number of aromatic nitrogens is 3. The molecule has 0 radical (unpaired) electrons. The van der Waals surface area contributed by atoms with Gasteiger partial charge in [0.1, 0.15) is 5.69 Å². The molecule has 0 aromatic carbocycles. The minimum Gasteiger partial charge on any atom is -0.337 e. The Morgan fingerprint density at radius 1 is 1.26 bits per heavy atom. The van der Waals surface area contributed by atoms with Crippen LogP contribution in [0.25, 0.3) is 11.5 Å². The molecule has 1 unspecified atom stereocenters. The lowest BCUT2D eigenvalue weighted by Crippen LogP contribution is -2.20. The summed E-state index contributed by atoms with van der Waals surface area (Å²) < 4.78 is 5.35. The molecule has 1 fully saturated rings. The second-order valence-electron chi connectivity index (χ2n) is 4.67. The van der Waals surface area contributed by atoms with E-state index in [1.54, 1.807) is 18.3 Å². The average Bonchev–Trinajstić information content (AvgIpc) is 2.76. The maximum atomic E-state index is 5.81. The molecule has 0 saturated carbocycles. The van der Waals surface area contributed by atoms with Crippen LogP contribution in [0, 0.1) is 0 Å². The van der Waals surface area contributed by atoms with Gasteiger partial charge in [-0.3, -0.25) is 4.98 Å². The summed E-state index contributed by atoms with van der Waals surface area (Å²) in [6, 6.07) is 3.72. The Hall–Kier alpha value is -1.46. The van der Waals surface area contributed by atoms with Gasteiger partial charge in [-0.05, 0) is 31.5 Å². The van der Waals surface area contributed by atoms with Crippen molar-refractivity contribution < 1.29 is 4.52 Å². The summed E-state index contributed by atoms with van der Waals surface area (Å²) in [5, 5.41) is 8.02. The van der Waals surface area contributed by atoms with Crippen molar-refractivity contribution in [2.75, 3.05) is 6.54 Å². The number of hydrogen-bond donors (Lipinski definition) is 1. The Morgan fingerprint density at radius 2 is 2.21 bits per heavy atom. The van der Waals surface area contributed by atoms with Crippen LogP contribution in [-0.4, -0.2) is 21.7 Å². The number of nitrogens with zero attached hydrogens (tertiary/aromatic N) is 3. The van der Waals surface area contributed by atoms with Gasteiger partial charge in [0.2, 0.25) is 11.7 Å². The summed E-state index contributed by atoms with van der Waals surface area (Å²) >= 11 is 5.81. The molecule has 2 aromatic rings. The van der Waals surface area contributed by atoms with E-state index in [4.69, 9.17) is 16.1 Å². The van der Waals surface area contributed by atoms with Crippen molar-refractivity contribution in [3.8, 4) is 11.5 Å². The summed E-state index contributed by atoms with van der Waals surface area (Å²) in [5.41, 5.74) is 0.674. The lowest BCUT2D eigenvalue weighted by molar-refractivity contribution is 0.327. The number of pyridine rings is 1. The van der Waals surface area contributed by atoms with Crippen LogP contribution >= 0.6 is 11.6 Å². The molecule has 100 valence electrons. The lowest BCUT2D eigenvalue weighted by Gasteiger charge is -2.09. The van der Waals surface area contributed by atoms with Gasteiger partial charge in [0.15, 0.2) is 0 Å². The second kappa shape index (κ2) is 5.67. The van der Waals surface area contributed by atoms with Crippen molar-refractivity contribution in [2.24, 2.45) is 0 Å². The molecule has 0 bridgehead atoms. The molecule has 3 heterocycles. The van der Waals surface area contributed by atoms with Gasteiger partial charge < -0.3 is 9.84 Å². The summed E-state index contributed by atoms with van der Waals surface area (Å²) in [4.78, 5) is 8.62. The van der Waals surface area contributed by atoms with Crippen LogP contribution in [0.5, 0.6) is 0 Å². The zero-order valence-corrected chi connectivity index (χ0v) is 11.2. The van der Waals surface area contributed by atoms with E-state index in [2.05, 4.69) is 20.4 Å². The normalized spacial score (nSPS) is 20.2. The molecular weight excluding hydrogens is 264 g/mol. The minimum absolute atomic E-state index is 0.163. The molecular formula is C13H15ClN4O. The minimum atomic E-state index is 0.163. The van der Waals surface area contributed by atoms with Crippen molar-refractivity contribution in [1.82, 2.24) is 20.4 Å². The van der Waals surface area contributed by atoms with Gasteiger partial charge in [0.05, 0.1) is 11.1 Å². The molecule has 1 saturated heterocycles. The van der Waals surface area contributed by atoms with Gasteiger partial charge in [-0.1, -0.05) is 29.6 Å². The van der Waals surface area contributed by atoms with Gasteiger partial charge in [0.25, 0.3) is 0 Å². The Balaban J connectivity index is 1.80. The first-order chi connectivity index (χ1) is 9.33. The van der Waals surface area contributed by atoms with Crippen LogP contribution in [0.3, 0.4) is 0 Å². The van der Waals surface area contributed by atoms with Gasteiger partial charge in [-0.15, -0.1) is 0 Å². The second-order valence-corrected chi connectivity index (χ2v) is 5.11. The van der Waals surface area contributed by atoms with Crippen LogP contribution in [0.15, 0.2) is 22.9 Å². The molecule has 0 spiro atoms. The highest BCUT2D eigenvalue weighted by Crippen LogP contribution is 2.23. The third kappa shape index (κ3) is 2.93. The maximum Gasteiger partial charge on any atom is 0.244 e. The van der Waals surface area contributed by atoms with Crippen molar-refractivity contribution in [1.29, 1.82) is 0 Å². The molecule has 1 N–H and O–H groups in total. The third-order valence-corrected chi connectivity index (χ3v) is 3.48.